The van der Waals surface area contributed by atoms with Gasteiger partial charge in [-0.2, -0.15) is 0 Å². The van der Waals surface area contributed by atoms with Gasteiger partial charge in [-0.3, -0.25) is 19.7 Å². The Bertz CT molecular complexity index is 1330. The van der Waals surface area contributed by atoms with Gasteiger partial charge >= 0.3 is 0 Å². The number of methoxy groups -OCH3 is 1. The van der Waals surface area contributed by atoms with E-state index in [0.717, 1.165) is 11.8 Å². The zero-order valence-electron chi connectivity index (χ0n) is 21.0. The van der Waals surface area contributed by atoms with E-state index in [2.05, 4.69) is 27.4 Å². The monoisotopic (exact) mass is 558 g/mol. The molecule has 13 heteroatoms. The van der Waals surface area contributed by atoms with Crippen molar-refractivity contribution in [2.45, 2.75) is 31.6 Å². The topological polar surface area (TPSA) is 141 Å². The first-order valence-corrected chi connectivity index (χ1v) is 12.9. The number of non-ortho nitro benzene ring substituents is 1. The number of carbonyl (C=O) groups excluding carboxylic acids is 2. The molecule has 0 aliphatic heterocycles. The van der Waals surface area contributed by atoms with Crippen molar-refractivity contribution in [2.24, 2.45) is 5.92 Å². The van der Waals surface area contributed by atoms with Crippen LogP contribution in [0.5, 0.6) is 5.75 Å². The van der Waals surface area contributed by atoms with Crippen LogP contribution in [0.4, 0.5) is 11.4 Å². The number of anilines is 1. The Morgan fingerprint density at radius 1 is 1.24 bits per heavy atom. The highest BCUT2D eigenvalue weighted by Crippen LogP contribution is 2.28. The number of amides is 2. The standard InChI is InChI=1S/C25H27ClN6O5S/c1-5-12-31-23(22(15(2)3)28-24(34)16-6-9-18(37-4)10-7-16)29-30-25(31)38-14-21(33)27-20-13-17(32(35)36)8-11-19(20)26/h5-11,13,15,22H,1,12,14H2,2-4H3,(H,27,33)(H,28,34)/t22-/m0/s1. The van der Waals surface area contributed by atoms with E-state index in [-0.39, 0.29) is 34.0 Å². The number of carbonyl (C=O) groups is 2. The number of thioether (sulfide) groups is 1. The largest absolute Gasteiger partial charge is 0.497 e. The van der Waals surface area contributed by atoms with E-state index in [4.69, 9.17) is 16.3 Å². The number of allylic oxidation sites excluding steroid dienone is 1. The Morgan fingerprint density at radius 2 is 1.95 bits per heavy atom. The molecule has 0 aliphatic rings. The first kappa shape index (κ1) is 28.7. The summed E-state index contributed by atoms with van der Waals surface area (Å²) in [5.41, 5.74) is 0.419. The number of halogens is 1. The van der Waals surface area contributed by atoms with Gasteiger partial charge in [-0.15, -0.1) is 16.8 Å². The van der Waals surface area contributed by atoms with Gasteiger partial charge in [-0.1, -0.05) is 43.3 Å². The molecule has 1 aromatic heterocycles. The van der Waals surface area contributed by atoms with Crippen LogP contribution in [0.2, 0.25) is 5.02 Å². The number of nitro benzene ring substituents is 1. The molecular weight excluding hydrogens is 532 g/mol. The minimum absolute atomic E-state index is 0.0258. The normalized spacial score (nSPS) is 11.6. The molecule has 11 nitrogen and oxygen atoms in total. The molecule has 0 saturated carbocycles. The summed E-state index contributed by atoms with van der Waals surface area (Å²) in [5, 5.41) is 25.8. The van der Waals surface area contributed by atoms with Gasteiger partial charge in [0, 0.05) is 24.2 Å². The van der Waals surface area contributed by atoms with Crippen molar-refractivity contribution in [1.82, 2.24) is 20.1 Å². The third-order valence-corrected chi connectivity index (χ3v) is 6.70. The molecular formula is C25H27ClN6O5S. The lowest BCUT2D eigenvalue weighted by molar-refractivity contribution is -0.384. The van der Waals surface area contributed by atoms with Crippen LogP contribution in [0, 0.1) is 16.0 Å². The van der Waals surface area contributed by atoms with Gasteiger partial charge in [0.05, 0.1) is 34.5 Å². The van der Waals surface area contributed by atoms with E-state index >= 15 is 0 Å². The molecule has 200 valence electrons. The van der Waals surface area contributed by atoms with Gasteiger partial charge in [-0.25, -0.2) is 0 Å². The minimum Gasteiger partial charge on any atom is -0.497 e. The molecule has 38 heavy (non-hydrogen) atoms. The van der Waals surface area contributed by atoms with E-state index in [1.807, 2.05) is 13.8 Å². The Hall–Kier alpha value is -3.90. The molecule has 1 atom stereocenters. The number of hydrogen-bond acceptors (Lipinski definition) is 8. The summed E-state index contributed by atoms with van der Waals surface area (Å²) in [5.74, 6) is 0.376. The number of rotatable bonds is 12. The molecule has 3 rings (SSSR count). The highest BCUT2D eigenvalue weighted by molar-refractivity contribution is 7.99. The number of nitro groups is 1. The van der Waals surface area contributed by atoms with Crippen molar-refractivity contribution in [2.75, 3.05) is 18.2 Å². The smallest absolute Gasteiger partial charge is 0.271 e. The summed E-state index contributed by atoms with van der Waals surface area (Å²) in [6.07, 6.45) is 1.67. The summed E-state index contributed by atoms with van der Waals surface area (Å²) >= 11 is 7.20. The summed E-state index contributed by atoms with van der Waals surface area (Å²) in [6.45, 7) is 8.05. The molecule has 3 aromatic rings. The highest BCUT2D eigenvalue weighted by Gasteiger charge is 2.26. The maximum atomic E-state index is 13.0. The zero-order chi connectivity index (χ0) is 27.8. The van der Waals surface area contributed by atoms with Gasteiger partial charge in [0.2, 0.25) is 5.91 Å². The number of nitrogens with one attached hydrogen (secondary N) is 2. The quantitative estimate of drug-likeness (QED) is 0.138. The third kappa shape index (κ3) is 7.11. The van der Waals surface area contributed by atoms with Gasteiger partial charge in [0.15, 0.2) is 11.0 Å². The second kappa shape index (κ2) is 13.1. The maximum absolute atomic E-state index is 13.0. The van der Waals surface area contributed by atoms with Crippen LogP contribution in [0.3, 0.4) is 0 Å². The lowest BCUT2D eigenvalue weighted by Crippen LogP contribution is -2.33. The van der Waals surface area contributed by atoms with Gasteiger partial charge in [0.25, 0.3) is 11.6 Å². The van der Waals surface area contributed by atoms with E-state index in [1.165, 1.54) is 18.2 Å². The molecule has 1 heterocycles. The van der Waals surface area contributed by atoms with Gasteiger partial charge in [0.1, 0.15) is 5.75 Å². The Labute approximate surface area is 228 Å². The summed E-state index contributed by atoms with van der Waals surface area (Å²) < 4.78 is 6.93. The number of hydrogen-bond donors (Lipinski definition) is 2. The van der Waals surface area contributed by atoms with Crippen molar-refractivity contribution >= 4 is 46.6 Å². The fraction of sp³-hybridized carbons (Fsp3) is 0.280. The minimum atomic E-state index is -0.571. The van der Waals surface area contributed by atoms with Crippen molar-refractivity contribution in [3.63, 3.8) is 0 Å². The Morgan fingerprint density at radius 3 is 2.55 bits per heavy atom. The molecule has 0 bridgehead atoms. The van der Waals surface area contributed by atoms with Crippen molar-refractivity contribution in [3.05, 3.63) is 81.6 Å². The van der Waals surface area contributed by atoms with Crippen LogP contribution >= 0.6 is 23.4 Å². The van der Waals surface area contributed by atoms with E-state index < -0.39 is 16.9 Å². The molecule has 2 N–H and O–H groups in total. The average molecular weight is 559 g/mol. The van der Waals surface area contributed by atoms with Crippen LogP contribution in [0.25, 0.3) is 0 Å². The molecule has 2 amide bonds. The lowest BCUT2D eigenvalue weighted by Gasteiger charge is -2.22. The highest BCUT2D eigenvalue weighted by atomic mass is 35.5. The summed E-state index contributed by atoms with van der Waals surface area (Å²) in [7, 11) is 1.55. The summed E-state index contributed by atoms with van der Waals surface area (Å²) in [6, 6.07) is 10.1. The first-order valence-electron chi connectivity index (χ1n) is 11.5. The fourth-order valence-corrected chi connectivity index (χ4v) is 4.39. The molecule has 0 fully saturated rings. The average Bonchev–Trinajstić information content (AvgIpc) is 3.29. The number of benzene rings is 2. The number of nitrogens with zero attached hydrogens (tertiary/aromatic N) is 4. The Balaban J connectivity index is 1.75. The van der Waals surface area contributed by atoms with Crippen molar-refractivity contribution in [1.29, 1.82) is 0 Å². The van der Waals surface area contributed by atoms with Gasteiger partial charge < -0.3 is 19.9 Å². The predicted octanol–water partition coefficient (Wildman–Crippen LogP) is 4.89. The van der Waals surface area contributed by atoms with Crippen LogP contribution in [-0.2, 0) is 11.3 Å². The molecule has 0 saturated heterocycles. The fourth-order valence-electron chi connectivity index (χ4n) is 3.47. The predicted molar refractivity (Wildman–Crippen MR) is 146 cm³/mol. The second-order valence-corrected chi connectivity index (χ2v) is 9.77. The molecule has 0 radical (unpaired) electrons. The second-order valence-electron chi connectivity index (χ2n) is 8.42. The molecule has 0 unspecified atom stereocenters. The summed E-state index contributed by atoms with van der Waals surface area (Å²) in [4.78, 5) is 36.0. The SMILES string of the molecule is C=CCn1c(SCC(=O)Nc2cc([N+](=O)[O-])ccc2Cl)nnc1[C@@H](NC(=O)c1ccc(OC)cc1)C(C)C. The van der Waals surface area contributed by atoms with E-state index in [0.29, 0.717) is 28.8 Å². The molecule has 2 aromatic carbocycles. The van der Waals surface area contributed by atoms with Crippen LogP contribution in [0.1, 0.15) is 36.1 Å². The Kier molecular flexibility index (Phi) is 9.85. The lowest BCUT2D eigenvalue weighted by atomic mass is 10.0. The van der Waals surface area contributed by atoms with Crippen molar-refractivity contribution in [3.8, 4) is 5.75 Å². The first-order chi connectivity index (χ1) is 18.1. The van der Waals surface area contributed by atoms with E-state index in [1.54, 1.807) is 42.0 Å². The van der Waals surface area contributed by atoms with Crippen LogP contribution < -0.4 is 15.4 Å². The van der Waals surface area contributed by atoms with Gasteiger partial charge in [-0.05, 0) is 36.2 Å². The maximum Gasteiger partial charge on any atom is 0.271 e. The van der Waals surface area contributed by atoms with Crippen LogP contribution in [-0.4, -0.2) is 44.4 Å². The van der Waals surface area contributed by atoms with Crippen molar-refractivity contribution < 1.29 is 19.2 Å². The molecule has 0 aliphatic carbocycles. The number of ether oxygens (including phenoxy) is 1. The molecule has 0 spiro atoms. The third-order valence-electron chi connectivity index (χ3n) is 5.41. The van der Waals surface area contributed by atoms with Crippen LogP contribution in [0.15, 0.2) is 60.3 Å². The number of aromatic nitrogens is 3. The van der Waals surface area contributed by atoms with E-state index in [9.17, 15) is 19.7 Å². The zero-order valence-corrected chi connectivity index (χ0v) is 22.6.